The van der Waals surface area contributed by atoms with Crippen molar-refractivity contribution in [3.05, 3.63) is 95.6 Å². The lowest BCUT2D eigenvalue weighted by molar-refractivity contribution is 0.474. The Balaban J connectivity index is 0.00000192. The first-order valence-corrected chi connectivity index (χ1v) is 7.25. The Hall–Kier alpha value is -2.74. The summed E-state index contributed by atoms with van der Waals surface area (Å²) >= 11 is 0. The van der Waals surface area contributed by atoms with E-state index in [9.17, 15) is 10.2 Å². The van der Waals surface area contributed by atoms with Gasteiger partial charge < -0.3 is 10.2 Å². The first kappa shape index (κ1) is 16.6. The van der Waals surface area contributed by atoms with E-state index in [1.165, 1.54) is 0 Å². The number of benzene rings is 3. The molecule has 0 saturated heterocycles. The normalized spacial score (nSPS) is 10.8. The van der Waals surface area contributed by atoms with E-state index in [1.807, 2.05) is 42.5 Å². The largest absolute Gasteiger partial charge is 0.508 e. The van der Waals surface area contributed by atoms with Crippen molar-refractivity contribution in [2.75, 3.05) is 0 Å². The predicted octanol–water partition coefficient (Wildman–Crippen LogP) is 5.09. The molecule has 2 heteroatoms. The van der Waals surface area contributed by atoms with Crippen molar-refractivity contribution >= 4 is 0 Å². The van der Waals surface area contributed by atoms with E-state index in [0.29, 0.717) is 0 Å². The average molecular weight is 306 g/mol. The Labute approximate surface area is 137 Å². The van der Waals surface area contributed by atoms with Crippen LogP contribution in [-0.4, -0.2) is 10.2 Å². The molecule has 0 spiro atoms. The number of aromatic hydroxyl groups is 2. The van der Waals surface area contributed by atoms with Crippen molar-refractivity contribution in [3.63, 3.8) is 0 Å². The number of hydrogen-bond donors (Lipinski definition) is 2. The average Bonchev–Trinajstić information content (AvgIpc) is 2.56. The van der Waals surface area contributed by atoms with Gasteiger partial charge in [-0.05, 0) is 47.9 Å². The van der Waals surface area contributed by atoms with Crippen LogP contribution in [0.4, 0.5) is 0 Å². The Kier molecular flexibility index (Phi) is 4.75. The molecule has 3 aromatic rings. The van der Waals surface area contributed by atoms with Gasteiger partial charge in [0.05, 0.1) is 0 Å². The van der Waals surface area contributed by atoms with Crippen LogP contribution in [0.1, 0.15) is 31.0 Å². The third-order valence-electron chi connectivity index (χ3n) is 4.24. The molecule has 23 heavy (non-hydrogen) atoms. The zero-order chi connectivity index (χ0) is 15.6. The molecular formula is C21H22O2. The highest BCUT2D eigenvalue weighted by Gasteiger charge is 2.30. The van der Waals surface area contributed by atoms with E-state index in [0.717, 1.165) is 16.7 Å². The van der Waals surface area contributed by atoms with Crippen LogP contribution < -0.4 is 0 Å². The molecule has 0 unspecified atom stereocenters. The van der Waals surface area contributed by atoms with Gasteiger partial charge in [-0.3, -0.25) is 0 Å². The molecular weight excluding hydrogens is 284 g/mol. The van der Waals surface area contributed by atoms with Gasteiger partial charge in [0.1, 0.15) is 11.5 Å². The van der Waals surface area contributed by atoms with Crippen molar-refractivity contribution in [3.8, 4) is 11.5 Å². The Bertz CT molecular complexity index is 699. The monoisotopic (exact) mass is 306 g/mol. The zero-order valence-electron chi connectivity index (χ0n) is 12.4. The molecule has 0 aromatic heterocycles. The van der Waals surface area contributed by atoms with Crippen LogP contribution in [0.15, 0.2) is 78.9 Å². The number of rotatable bonds is 3. The van der Waals surface area contributed by atoms with Crippen molar-refractivity contribution < 1.29 is 10.2 Å². The molecule has 0 fully saturated rings. The smallest absolute Gasteiger partial charge is 0.115 e. The summed E-state index contributed by atoms with van der Waals surface area (Å²) in [5.74, 6) is 0.509. The molecule has 0 radical (unpaired) electrons. The van der Waals surface area contributed by atoms with Crippen LogP contribution >= 0.6 is 0 Å². The summed E-state index contributed by atoms with van der Waals surface area (Å²) < 4.78 is 0. The van der Waals surface area contributed by atoms with Gasteiger partial charge in [-0.25, -0.2) is 0 Å². The molecule has 0 saturated carbocycles. The summed E-state index contributed by atoms with van der Waals surface area (Å²) in [5.41, 5.74) is 2.97. The van der Waals surface area contributed by atoms with E-state index in [4.69, 9.17) is 0 Å². The highest BCUT2D eigenvalue weighted by atomic mass is 16.3. The van der Waals surface area contributed by atoms with E-state index >= 15 is 0 Å². The summed E-state index contributed by atoms with van der Waals surface area (Å²) in [6, 6.07) is 24.8. The van der Waals surface area contributed by atoms with Gasteiger partial charge in [-0.1, -0.05) is 62.0 Å². The van der Waals surface area contributed by atoms with Crippen LogP contribution in [0.25, 0.3) is 0 Å². The predicted molar refractivity (Wildman–Crippen MR) is 94.9 cm³/mol. The minimum Gasteiger partial charge on any atom is -0.508 e. The van der Waals surface area contributed by atoms with Crippen molar-refractivity contribution in [2.24, 2.45) is 0 Å². The minimum atomic E-state index is -0.358. The van der Waals surface area contributed by atoms with Crippen LogP contribution in [0.5, 0.6) is 11.5 Å². The molecule has 0 aliphatic rings. The van der Waals surface area contributed by atoms with E-state index in [-0.39, 0.29) is 24.3 Å². The van der Waals surface area contributed by atoms with Crippen molar-refractivity contribution in [1.82, 2.24) is 0 Å². The Morgan fingerprint density at radius 3 is 1.30 bits per heavy atom. The standard InChI is InChI=1S/C20H18O2.CH4/c1-20(15-5-3-2-4-6-15,16-7-11-18(21)12-8-16)17-9-13-19(22)14-10-17;/h2-14,21-22H,1H3;1H4. The van der Waals surface area contributed by atoms with Gasteiger partial charge >= 0.3 is 0 Å². The van der Waals surface area contributed by atoms with Crippen molar-refractivity contribution in [1.29, 1.82) is 0 Å². The zero-order valence-corrected chi connectivity index (χ0v) is 12.4. The lowest BCUT2D eigenvalue weighted by Gasteiger charge is -2.32. The SMILES string of the molecule is C.CC(c1ccccc1)(c1ccc(O)cc1)c1ccc(O)cc1. The molecule has 118 valence electrons. The second-order valence-corrected chi connectivity index (χ2v) is 5.58. The molecule has 3 rings (SSSR count). The number of phenolic OH excluding ortho intramolecular Hbond substituents is 2. The first-order valence-electron chi connectivity index (χ1n) is 7.25. The second kappa shape index (κ2) is 6.57. The van der Waals surface area contributed by atoms with E-state index in [2.05, 4.69) is 19.1 Å². The molecule has 2 nitrogen and oxygen atoms in total. The summed E-state index contributed by atoms with van der Waals surface area (Å²) in [5, 5.41) is 19.1. The Morgan fingerprint density at radius 1 is 0.565 bits per heavy atom. The van der Waals surface area contributed by atoms with Gasteiger partial charge in [-0.2, -0.15) is 0 Å². The van der Waals surface area contributed by atoms with Crippen LogP contribution in [0, 0.1) is 0 Å². The summed E-state index contributed by atoms with van der Waals surface area (Å²) in [4.78, 5) is 0. The summed E-state index contributed by atoms with van der Waals surface area (Å²) in [7, 11) is 0. The van der Waals surface area contributed by atoms with Crippen LogP contribution in [-0.2, 0) is 5.41 Å². The van der Waals surface area contributed by atoms with E-state index in [1.54, 1.807) is 24.3 Å². The maximum Gasteiger partial charge on any atom is 0.115 e. The maximum absolute atomic E-state index is 9.57. The number of hydrogen-bond acceptors (Lipinski definition) is 2. The molecule has 0 aliphatic carbocycles. The molecule has 0 amide bonds. The quantitative estimate of drug-likeness (QED) is 0.662. The lowest BCUT2D eigenvalue weighted by atomic mass is 9.71. The topological polar surface area (TPSA) is 40.5 Å². The van der Waals surface area contributed by atoms with Crippen molar-refractivity contribution in [2.45, 2.75) is 19.8 Å². The third-order valence-corrected chi connectivity index (χ3v) is 4.24. The molecule has 3 aromatic carbocycles. The van der Waals surface area contributed by atoms with Crippen LogP contribution in [0.2, 0.25) is 0 Å². The highest BCUT2D eigenvalue weighted by molar-refractivity contribution is 5.50. The maximum atomic E-state index is 9.57. The van der Waals surface area contributed by atoms with E-state index < -0.39 is 0 Å². The van der Waals surface area contributed by atoms with Crippen LogP contribution in [0.3, 0.4) is 0 Å². The van der Waals surface area contributed by atoms with Gasteiger partial charge in [0.2, 0.25) is 0 Å². The Morgan fingerprint density at radius 2 is 0.913 bits per heavy atom. The first-order chi connectivity index (χ1) is 10.6. The summed E-state index contributed by atoms with van der Waals surface area (Å²) in [6.07, 6.45) is 0. The molecule has 2 N–H and O–H groups in total. The summed E-state index contributed by atoms with van der Waals surface area (Å²) in [6.45, 7) is 2.15. The fraction of sp³-hybridized carbons (Fsp3) is 0.143. The fourth-order valence-corrected chi connectivity index (χ4v) is 2.86. The fourth-order valence-electron chi connectivity index (χ4n) is 2.86. The molecule has 0 bridgehead atoms. The van der Waals surface area contributed by atoms with Gasteiger partial charge in [0.25, 0.3) is 0 Å². The molecule has 0 heterocycles. The minimum absolute atomic E-state index is 0. The number of phenols is 2. The second-order valence-electron chi connectivity index (χ2n) is 5.58. The van der Waals surface area contributed by atoms with Gasteiger partial charge in [0.15, 0.2) is 0 Å². The molecule has 0 aliphatic heterocycles. The van der Waals surface area contributed by atoms with Gasteiger partial charge in [-0.15, -0.1) is 0 Å². The highest BCUT2D eigenvalue weighted by Crippen LogP contribution is 2.39. The van der Waals surface area contributed by atoms with Gasteiger partial charge in [0, 0.05) is 5.41 Å². The third kappa shape index (κ3) is 3.07. The lowest BCUT2D eigenvalue weighted by Crippen LogP contribution is -2.25. The molecule has 0 atom stereocenters.